The number of nitrogens with zero attached hydrogens (tertiary/aromatic N) is 3. The van der Waals surface area contributed by atoms with Crippen molar-refractivity contribution in [1.82, 2.24) is 14.6 Å². The maximum Gasteiger partial charge on any atom is 0.307 e. The van der Waals surface area contributed by atoms with E-state index in [9.17, 15) is 18.0 Å². The lowest BCUT2D eigenvalue weighted by molar-refractivity contribution is -0.136. The lowest BCUT2D eigenvalue weighted by Gasteiger charge is -2.34. The number of carboxylic acids is 1. The summed E-state index contributed by atoms with van der Waals surface area (Å²) in [6.07, 6.45) is 2.63. The Bertz CT molecular complexity index is 1270. The fourth-order valence-corrected chi connectivity index (χ4v) is 6.69. The number of carbonyl (C=O) groups excluding carboxylic acids is 1. The van der Waals surface area contributed by atoms with E-state index in [1.54, 1.807) is 50.2 Å². The van der Waals surface area contributed by atoms with E-state index < -0.39 is 27.9 Å². The van der Waals surface area contributed by atoms with Gasteiger partial charge in [0.25, 0.3) is 15.9 Å². The Morgan fingerprint density at radius 3 is 2.46 bits per heavy atom. The van der Waals surface area contributed by atoms with Crippen molar-refractivity contribution in [3.8, 4) is 0 Å². The Kier molecular flexibility index (Phi) is 7.05. The molecule has 2 aromatic rings. The summed E-state index contributed by atoms with van der Waals surface area (Å²) < 4.78 is 27.6. The molecule has 2 aliphatic rings. The number of hydrogen-bond donors (Lipinski definition) is 2. The number of sulfonamides is 1. The van der Waals surface area contributed by atoms with Gasteiger partial charge in [-0.1, -0.05) is 41.9 Å². The normalized spacial score (nSPS) is 18.5. The molecule has 0 unspecified atom stereocenters. The number of piperidine rings is 1. The highest BCUT2D eigenvalue weighted by atomic mass is 35.5. The van der Waals surface area contributed by atoms with Gasteiger partial charge in [-0.3, -0.25) is 9.59 Å². The van der Waals surface area contributed by atoms with Gasteiger partial charge in [0, 0.05) is 31.4 Å². The third-order valence-electron chi connectivity index (χ3n) is 6.04. The molecule has 0 radical (unpaired) electrons. The van der Waals surface area contributed by atoms with Crippen LogP contribution in [0, 0.1) is 0 Å². The maximum absolute atomic E-state index is 13.3. The number of aromatic nitrogens is 1. The highest BCUT2D eigenvalue weighted by Gasteiger charge is 2.46. The molecule has 2 N–H and O–H groups in total. The molecule has 9 nitrogen and oxygen atoms in total. The van der Waals surface area contributed by atoms with E-state index in [1.165, 1.54) is 6.20 Å². The quantitative estimate of drug-likeness (QED) is 0.574. The van der Waals surface area contributed by atoms with Crippen LogP contribution in [-0.4, -0.2) is 59.9 Å². The average Bonchev–Trinajstić information content (AvgIpc) is 2.99. The minimum Gasteiger partial charge on any atom is -0.481 e. The highest BCUT2D eigenvalue weighted by molar-refractivity contribution is 7.99. The van der Waals surface area contributed by atoms with E-state index in [4.69, 9.17) is 16.7 Å². The number of carbonyl (C=O) groups is 2. The number of rotatable bonds is 7. The second-order valence-corrected chi connectivity index (χ2v) is 11.1. The summed E-state index contributed by atoms with van der Waals surface area (Å²) in [5.74, 6) is -0.917. The summed E-state index contributed by atoms with van der Waals surface area (Å²) in [5.41, 5.74) is 1.11. The van der Waals surface area contributed by atoms with Gasteiger partial charge in [-0.25, -0.2) is 17.7 Å². The zero-order chi connectivity index (χ0) is 25.3. The number of anilines is 1. The molecule has 1 amide bonds. The second-order valence-electron chi connectivity index (χ2n) is 8.90. The molecule has 0 spiro atoms. The first kappa shape index (κ1) is 25.0. The largest absolute Gasteiger partial charge is 0.481 e. The van der Waals surface area contributed by atoms with E-state index in [-0.39, 0.29) is 23.1 Å². The molecule has 1 aromatic heterocycles. The Hall–Kier alpha value is -3.11. The lowest BCUT2D eigenvalue weighted by Crippen LogP contribution is -2.45. The van der Waals surface area contributed by atoms with Gasteiger partial charge < -0.3 is 15.3 Å². The maximum atomic E-state index is 13.3. The first-order valence-electron chi connectivity index (χ1n) is 11.4. The first-order chi connectivity index (χ1) is 16.6. The molecule has 11 heteroatoms. The standard InChI is InChI=1S/C24H27ClN4O5S/c1-15(2)29-24(32)21(22(35(29,33)34)17-6-4-3-5-7-17)27-18-8-10-28(11-9-18)23-19(25)12-16(14-26-23)13-20(30)31/h3-7,12,14-15,18,27H,8-11,13H2,1-2H3,(H,30,31). The molecule has 1 fully saturated rings. The Balaban J connectivity index is 1.53. The number of pyridine rings is 1. The summed E-state index contributed by atoms with van der Waals surface area (Å²) in [7, 11) is -3.98. The molecule has 0 bridgehead atoms. The van der Waals surface area contributed by atoms with Crippen molar-refractivity contribution in [2.24, 2.45) is 0 Å². The van der Waals surface area contributed by atoms with E-state index in [1.807, 2.05) is 4.90 Å². The summed E-state index contributed by atoms with van der Waals surface area (Å²) >= 11 is 6.37. The molecular formula is C24H27ClN4O5S. The Morgan fingerprint density at radius 1 is 1.23 bits per heavy atom. The molecule has 0 saturated carbocycles. The molecule has 2 aliphatic heterocycles. The van der Waals surface area contributed by atoms with E-state index in [2.05, 4.69) is 10.3 Å². The van der Waals surface area contributed by atoms with Crippen molar-refractivity contribution in [2.75, 3.05) is 18.0 Å². The zero-order valence-electron chi connectivity index (χ0n) is 19.4. The van der Waals surface area contributed by atoms with Crippen LogP contribution in [0.15, 0.2) is 48.3 Å². The minimum atomic E-state index is -3.98. The number of aliphatic carboxylic acids is 1. The van der Waals surface area contributed by atoms with Crippen LogP contribution in [-0.2, 0) is 26.0 Å². The van der Waals surface area contributed by atoms with Gasteiger partial charge in [-0.2, -0.15) is 0 Å². The van der Waals surface area contributed by atoms with Crippen LogP contribution in [0.5, 0.6) is 0 Å². The van der Waals surface area contributed by atoms with Crippen LogP contribution < -0.4 is 10.2 Å². The monoisotopic (exact) mass is 518 g/mol. The predicted molar refractivity (Wildman–Crippen MR) is 133 cm³/mol. The smallest absolute Gasteiger partial charge is 0.307 e. The molecule has 0 aliphatic carbocycles. The molecule has 35 heavy (non-hydrogen) atoms. The lowest BCUT2D eigenvalue weighted by atomic mass is 10.0. The summed E-state index contributed by atoms with van der Waals surface area (Å²) in [6, 6.07) is 9.66. The number of benzene rings is 1. The van der Waals surface area contributed by atoms with Gasteiger partial charge in [0.15, 0.2) is 0 Å². The molecule has 186 valence electrons. The Labute approximate surface area is 209 Å². The van der Waals surface area contributed by atoms with E-state index >= 15 is 0 Å². The van der Waals surface area contributed by atoms with Gasteiger partial charge >= 0.3 is 5.97 Å². The van der Waals surface area contributed by atoms with Crippen LogP contribution in [0.25, 0.3) is 4.91 Å². The van der Waals surface area contributed by atoms with Crippen molar-refractivity contribution in [3.05, 3.63) is 64.4 Å². The fourth-order valence-electron chi connectivity index (χ4n) is 4.48. The average molecular weight is 519 g/mol. The minimum absolute atomic E-state index is 0.0120. The number of nitrogens with one attached hydrogen (secondary N) is 1. The van der Waals surface area contributed by atoms with Crippen LogP contribution in [0.2, 0.25) is 5.02 Å². The van der Waals surface area contributed by atoms with Crippen molar-refractivity contribution in [3.63, 3.8) is 0 Å². The zero-order valence-corrected chi connectivity index (χ0v) is 21.0. The summed E-state index contributed by atoms with van der Waals surface area (Å²) in [4.78, 5) is 30.5. The summed E-state index contributed by atoms with van der Waals surface area (Å²) in [6.45, 7) is 4.53. The van der Waals surface area contributed by atoms with Crippen LogP contribution >= 0.6 is 11.6 Å². The van der Waals surface area contributed by atoms with E-state index in [0.29, 0.717) is 47.9 Å². The number of hydrogen-bond acceptors (Lipinski definition) is 7. The van der Waals surface area contributed by atoms with Crippen LogP contribution in [0.1, 0.15) is 37.8 Å². The topological polar surface area (TPSA) is 120 Å². The molecular weight excluding hydrogens is 492 g/mol. The molecule has 1 saturated heterocycles. The van der Waals surface area contributed by atoms with Gasteiger partial charge in [0.05, 0.1) is 11.4 Å². The highest BCUT2D eigenvalue weighted by Crippen LogP contribution is 2.36. The molecule has 1 aromatic carbocycles. The summed E-state index contributed by atoms with van der Waals surface area (Å²) in [5, 5.41) is 12.6. The fraction of sp³-hybridized carbons (Fsp3) is 0.375. The van der Waals surface area contributed by atoms with Gasteiger partial charge in [-0.05, 0) is 43.9 Å². The van der Waals surface area contributed by atoms with Crippen molar-refractivity contribution >= 4 is 44.2 Å². The Morgan fingerprint density at radius 2 is 1.89 bits per heavy atom. The van der Waals surface area contributed by atoms with Crippen molar-refractivity contribution < 1.29 is 23.1 Å². The van der Waals surface area contributed by atoms with E-state index in [0.717, 1.165) is 4.31 Å². The van der Waals surface area contributed by atoms with Crippen LogP contribution in [0.4, 0.5) is 5.82 Å². The number of halogens is 1. The van der Waals surface area contributed by atoms with Crippen LogP contribution in [0.3, 0.4) is 0 Å². The molecule has 3 heterocycles. The van der Waals surface area contributed by atoms with Crippen molar-refractivity contribution in [2.45, 2.75) is 45.2 Å². The first-order valence-corrected chi connectivity index (χ1v) is 13.2. The van der Waals surface area contributed by atoms with Gasteiger partial charge in [0.1, 0.15) is 16.4 Å². The van der Waals surface area contributed by atoms with Crippen molar-refractivity contribution in [1.29, 1.82) is 0 Å². The van der Waals surface area contributed by atoms with Gasteiger partial charge in [-0.15, -0.1) is 0 Å². The predicted octanol–water partition coefficient (Wildman–Crippen LogP) is 2.87. The third-order valence-corrected chi connectivity index (χ3v) is 8.38. The SMILES string of the molecule is CC(C)N1C(=O)C(NC2CCN(c3ncc(CC(=O)O)cc3Cl)CC2)=C(c2ccccc2)S1(=O)=O. The molecule has 0 atom stereocenters. The second kappa shape index (κ2) is 9.87. The van der Waals surface area contributed by atoms with Gasteiger partial charge in [0.2, 0.25) is 0 Å². The number of amides is 1. The third kappa shape index (κ3) is 4.99. The number of carboxylic acid groups (broad SMARTS) is 1. The molecule has 4 rings (SSSR count).